The molecule has 0 aromatic carbocycles. The van der Waals surface area contributed by atoms with Gasteiger partial charge in [-0.15, -0.1) is 0 Å². The predicted molar refractivity (Wildman–Crippen MR) is 106 cm³/mol. The third kappa shape index (κ3) is 2.14. The van der Waals surface area contributed by atoms with Crippen LogP contribution < -0.4 is 0 Å². The van der Waals surface area contributed by atoms with Gasteiger partial charge in [0.1, 0.15) is 0 Å². The molecule has 7 atom stereocenters. The first-order valence-corrected chi connectivity index (χ1v) is 10.7. The number of aliphatic hydroxyl groups is 1. The molecule has 5 rings (SSSR count). The Morgan fingerprint density at radius 3 is 2.69 bits per heavy atom. The van der Waals surface area contributed by atoms with Crippen LogP contribution in [-0.2, 0) is 0 Å². The minimum absolute atomic E-state index is 0.112. The van der Waals surface area contributed by atoms with E-state index >= 15 is 0 Å². The van der Waals surface area contributed by atoms with Gasteiger partial charge in [-0.2, -0.15) is 0 Å². The number of allylic oxidation sites excluding steroid dienone is 3. The van der Waals surface area contributed by atoms with Crippen LogP contribution in [0.4, 0.5) is 0 Å². The number of nitrogens with one attached hydrogen (secondary N) is 1. The first kappa shape index (κ1) is 16.9. The van der Waals surface area contributed by atoms with Crippen LogP contribution >= 0.6 is 0 Å². The molecule has 4 aliphatic carbocycles. The Kier molecular flexibility index (Phi) is 3.64. The first-order valence-electron chi connectivity index (χ1n) is 10.7. The van der Waals surface area contributed by atoms with Crippen molar-refractivity contribution in [2.45, 2.75) is 65.4 Å². The Balaban J connectivity index is 1.52. The zero-order valence-electron chi connectivity index (χ0n) is 16.5. The summed E-state index contributed by atoms with van der Waals surface area (Å²) in [4.78, 5) is 3.47. The van der Waals surface area contributed by atoms with Crippen LogP contribution in [0.2, 0.25) is 0 Å². The van der Waals surface area contributed by atoms with E-state index in [2.05, 4.69) is 56.2 Å². The van der Waals surface area contributed by atoms with Crippen molar-refractivity contribution >= 4 is 5.57 Å². The van der Waals surface area contributed by atoms with Gasteiger partial charge in [0.15, 0.2) is 0 Å². The number of aliphatic hydroxyl groups excluding tert-OH is 1. The minimum atomic E-state index is -0.112. The van der Waals surface area contributed by atoms with Crippen LogP contribution in [0.1, 0.15) is 65.0 Å². The molecular formula is C24H33NO. The fourth-order valence-corrected chi connectivity index (χ4v) is 7.49. The lowest BCUT2D eigenvalue weighted by molar-refractivity contribution is -0.0426. The van der Waals surface area contributed by atoms with Gasteiger partial charge in [0.2, 0.25) is 0 Å². The highest BCUT2D eigenvalue weighted by Crippen LogP contribution is 2.67. The first-order chi connectivity index (χ1) is 12.4. The van der Waals surface area contributed by atoms with Crippen LogP contribution in [0, 0.1) is 34.5 Å². The molecule has 4 aliphatic rings. The second-order valence-electron chi connectivity index (χ2n) is 10.0. The number of hydrogen-bond acceptors (Lipinski definition) is 1. The Hall–Kier alpha value is -1.28. The van der Waals surface area contributed by atoms with Gasteiger partial charge in [-0.3, -0.25) is 0 Å². The van der Waals surface area contributed by atoms with Crippen LogP contribution in [0.25, 0.3) is 5.57 Å². The van der Waals surface area contributed by atoms with Gasteiger partial charge in [-0.25, -0.2) is 0 Å². The highest BCUT2D eigenvalue weighted by Gasteiger charge is 2.58. The second kappa shape index (κ2) is 5.61. The lowest BCUT2D eigenvalue weighted by Gasteiger charge is -2.59. The summed E-state index contributed by atoms with van der Waals surface area (Å²) < 4.78 is 0. The van der Waals surface area contributed by atoms with Crippen molar-refractivity contribution in [3.05, 3.63) is 41.7 Å². The summed E-state index contributed by atoms with van der Waals surface area (Å²) >= 11 is 0. The number of H-pyrrole nitrogens is 1. The molecule has 2 nitrogen and oxygen atoms in total. The minimum Gasteiger partial charge on any atom is -0.393 e. The van der Waals surface area contributed by atoms with E-state index in [-0.39, 0.29) is 6.10 Å². The number of hydrogen-bond donors (Lipinski definition) is 2. The normalized spacial score (nSPS) is 47.5. The third-order valence-electron chi connectivity index (χ3n) is 8.88. The van der Waals surface area contributed by atoms with Crippen molar-refractivity contribution in [2.75, 3.05) is 0 Å². The van der Waals surface area contributed by atoms with E-state index in [0.29, 0.717) is 16.7 Å². The summed E-state index contributed by atoms with van der Waals surface area (Å²) in [7, 11) is 0. The number of aromatic amines is 1. The molecule has 0 radical (unpaired) electrons. The van der Waals surface area contributed by atoms with Crippen molar-refractivity contribution < 1.29 is 5.11 Å². The molecule has 140 valence electrons. The van der Waals surface area contributed by atoms with Gasteiger partial charge >= 0.3 is 0 Å². The summed E-state index contributed by atoms with van der Waals surface area (Å²) in [6.07, 6.45) is 14.0. The van der Waals surface area contributed by atoms with E-state index in [9.17, 15) is 5.11 Å². The van der Waals surface area contributed by atoms with E-state index in [1.54, 1.807) is 11.1 Å². The zero-order chi connectivity index (χ0) is 18.1. The van der Waals surface area contributed by atoms with Crippen LogP contribution in [0.5, 0.6) is 0 Å². The maximum absolute atomic E-state index is 10.2. The van der Waals surface area contributed by atoms with Crippen molar-refractivity contribution in [3.63, 3.8) is 0 Å². The lowest BCUT2D eigenvalue weighted by Crippen LogP contribution is -2.52. The molecule has 0 amide bonds. The van der Waals surface area contributed by atoms with Crippen LogP contribution in [-0.4, -0.2) is 16.2 Å². The summed E-state index contributed by atoms with van der Waals surface area (Å²) in [5, 5.41) is 10.2. The molecule has 2 fully saturated rings. The quantitative estimate of drug-likeness (QED) is 0.637. The molecular weight excluding hydrogens is 318 g/mol. The maximum Gasteiger partial charge on any atom is 0.0577 e. The summed E-state index contributed by atoms with van der Waals surface area (Å²) in [6.45, 7) is 7.50. The average Bonchev–Trinajstić information content (AvgIpc) is 3.23. The van der Waals surface area contributed by atoms with E-state index in [4.69, 9.17) is 0 Å². The van der Waals surface area contributed by atoms with E-state index in [0.717, 1.165) is 30.6 Å². The standard InChI is InChI=1S/C24H33NO/c1-15-13-16-14-17(26)8-10-23(16,2)20-9-11-24(3)18(21-5-4-12-25-21)6-7-19(24)22(15)20/h4-6,12-13,15,17,19-20,22,25-26H,7-11,14H2,1-3H3/t15-,17-,19+,20+,22+,23+,24-/m1/s1. The Labute approximate surface area is 157 Å². The highest BCUT2D eigenvalue weighted by atomic mass is 16.3. The molecule has 0 aliphatic heterocycles. The van der Waals surface area contributed by atoms with E-state index in [1.807, 2.05) is 0 Å². The Bertz CT molecular complexity index is 759. The van der Waals surface area contributed by atoms with Gasteiger partial charge in [-0.05, 0) is 90.7 Å². The molecule has 2 N–H and O–H groups in total. The number of fused-ring (bicyclic) bond motifs is 5. The molecule has 2 saturated carbocycles. The summed E-state index contributed by atoms with van der Waals surface area (Å²) in [6, 6.07) is 4.38. The predicted octanol–water partition coefficient (Wildman–Crippen LogP) is 5.58. The molecule has 0 saturated heterocycles. The zero-order valence-corrected chi connectivity index (χ0v) is 16.5. The molecule has 1 aromatic rings. The summed E-state index contributed by atoms with van der Waals surface area (Å²) in [5.41, 5.74) is 5.12. The smallest absolute Gasteiger partial charge is 0.0577 e. The van der Waals surface area contributed by atoms with E-state index in [1.165, 1.54) is 31.4 Å². The molecule has 26 heavy (non-hydrogen) atoms. The fraction of sp³-hybridized carbons (Fsp3) is 0.667. The van der Waals surface area contributed by atoms with Gasteiger partial charge in [0, 0.05) is 11.9 Å². The van der Waals surface area contributed by atoms with Gasteiger partial charge in [0.25, 0.3) is 0 Å². The molecule has 1 heterocycles. The van der Waals surface area contributed by atoms with Crippen LogP contribution in [0.15, 0.2) is 36.1 Å². The van der Waals surface area contributed by atoms with Gasteiger partial charge in [-0.1, -0.05) is 38.5 Å². The molecule has 0 unspecified atom stereocenters. The highest BCUT2D eigenvalue weighted by molar-refractivity contribution is 5.70. The fourth-order valence-electron chi connectivity index (χ4n) is 7.49. The van der Waals surface area contributed by atoms with Gasteiger partial charge < -0.3 is 10.1 Å². The third-order valence-corrected chi connectivity index (χ3v) is 8.88. The molecule has 2 heteroatoms. The maximum atomic E-state index is 10.2. The van der Waals surface area contributed by atoms with E-state index < -0.39 is 0 Å². The van der Waals surface area contributed by atoms with Gasteiger partial charge in [0.05, 0.1) is 6.10 Å². The summed E-state index contributed by atoms with van der Waals surface area (Å²) in [5.74, 6) is 2.96. The second-order valence-corrected chi connectivity index (χ2v) is 10.0. The number of aromatic nitrogens is 1. The monoisotopic (exact) mass is 351 g/mol. The SMILES string of the molecule is C[C@@H]1C=C2C[C@H](O)CC[C@]2(C)[C@H]2CC[C@]3(C)C(c4ccc[nH]4)=CC[C@H]3[C@H]12. The Morgan fingerprint density at radius 1 is 1.12 bits per heavy atom. The van der Waals surface area contributed by atoms with Crippen molar-refractivity contribution in [1.82, 2.24) is 4.98 Å². The largest absolute Gasteiger partial charge is 0.393 e. The van der Waals surface area contributed by atoms with Crippen molar-refractivity contribution in [2.24, 2.45) is 34.5 Å². The lowest BCUT2D eigenvalue weighted by atomic mass is 9.45. The van der Waals surface area contributed by atoms with Crippen molar-refractivity contribution in [1.29, 1.82) is 0 Å². The molecule has 0 spiro atoms. The average molecular weight is 352 g/mol. The topological polar surface area (TPSA) is 36.0 Å². The molecule has 0 bridgehead atoms. The number of rotatable bonds is 1. The Morgan fingerprint density at radius 2 is 1.92 bits per heavy atom. The molecule has 1 aromatic heterocycles. The van der Waals surface area contributed by atoms with Crippen molar-refractivity contribution in [3.8, 4) is 0 Å². The van der Waals surface area contributed by atoms with Crippen LogP contribution in [0.3, 0.4) is 0 Å².